The van der Waals surface area contributed by atoms with E-state index in [1.165, 1.54) is 12.8 Å². The molecule has 1 saturated carbocycles. The van der Waals surface area contributed by atoms with Gasteiger partial charge < -0.3 is 10.0 Å². The Hall–Kier alpha value is -0.610. The highest BCUT2D eigenvalue weighted by molar-refractivity contribution is 5.79. The average Bonchev–Trinajstić information content (AvgIpc) is 2.93. The number of carbonyl (C=O) groups is 1. The second-order valence-corrected chi connectivity index (χ2v) is 4.59. The summed E-state index contributed by atoms with van der Waals surface area (Å²) in [7, 11) is 0. The van der Waals surface area contributed by atoms with Crippen LogP contribution in [0.5, 0.6) is 0 Å². The van der Waals surface area contributed by atoms with Crippen molar-refractivity contribution in [2.24, 2.45) is 0 Å². The minimum atomic E-state index is -0.228. The number of likely N-dealkylation sites (N-methyl/N-ethyl adjacent to an activating group) is 1. The maximum absolute atomic E-state index is 11.9. The summed E-state index contributed by atoms with van der Waals surface area (Å²) in [5.41, 5.74) is 0. The van der Waals surface area contributed by atoms with Crippen molar-refractivity contribution in [3.63, 3.8) is 0 Å². The molecule has 2 fully saturated rings. The van der Waals surface area contributed by atoms with Crippen molar-refractivity contribution in [2.45, 2.75) is 38.3 Å². The van der Waals surface area contributed by atoms with Gasteiger partial charge in [-0.15, -0.1) is 0 Å². The molecular formula is C11H20N2O2. The van der Waals surface area contributed by atoms with Gasteiger partial charge >= 0.3 is 0 Å². The summed E-state index contributed by atoms with van der Waals surface area (Å²) >= 11 is 0. The topological polar surface area (TPSA) is 43.8 Å². The van der Waals surface area contributed by atoms with Crippen molar-refractivity contribution in [3.8, 4) is 0 Å². The van der Waals surface area contributed by atoms with Crippen LogP contribution in [0.25, 0.3) is 0 Å². The van der Waals surface area contributed by atoms with Gasteiger partial charge in [0.05, 0.1) is 12.6 Å². The van der Waals surface area contributed by atoms with Crippen LogP contribution in [0.3, 0.4) is 0 Å². The Kier molecular flexibility index (Phi) is 3.26. The number of rotatable bonds is 4. The molecule has 0 aromatic rings. The first kappa shape index (κ1) is 10.9. The second kappa shape index (κ2) is 4.49. The molecule has 1 atom stereocenters. The maximum atomic E-state index is 11.9. The lowest BCUT2D eigenvalue weighted by Gasteiger charge is -2.23. The van der Waals surface area contributed by atoms with E-state index in [9.17, 15) is 9.90 Å². The summed E-state index contributed by atoms with van der Waals surface area (Å²) in [6, 6.07) is 0.509. The van der Waals surface area contributed by atoms with Gasteiger partial charge in [-0.2, -0.15) is 0 Å². The third-order valence-corrected chi connectivity index (χ3v) is 3.26. The monoisotopic (exact) mass is 212 g/mol. The highest BCUT2D eigenvalue weighted by Crippen LogP contribution is 2.26. The Morgan fingerprint density at radius 2 is 2.20 bits per heavy atom. The molecule has 1 heterocycles. The molecule has 2 rings (SSSR count). The van der Waals surface area contributed by atoms with E-state index in [1.807, 2.05) is 11.8 Å². The molecule has 15 heavy (non-hydrogen) atoms. The molecule has 0 spiro atoms. The number of carbonyl (C=O) groups excluding carboxylic acids is 1. The zero-order chi connectivity index (χ0) is 10.8. The van der Waals surface area contributed by atoms with Crippen molar-refractivity contribution < 1.29 is 9.90 Å². The van der Waals surface area contributed by atoms with Gasteiger partial charge in [0.25, 0.3) is 0 Å². The molecule has 0 aromatic heterocycles. The van der Waals surface area contributed by atoms with E-state index in [0.29, 0.717) is 19.1 Å². The van der Waals surface area contributed by atoms with Gasteiger partial charge in [-0.3, -0.25) is 9.69 Å². The first-order valence-corrected chi connectivity index (χ1v) is 5.90. The van der Waals surface area contributed by atoms with Gasteiger partial charge in [0.1, 0.15) is 0 Å². The molecule has 86 valence electrons. The van der Waals surface area contributed by atoms with E-state index >= 15 is 0 Å². The molecule has 1 N–H and O–H groups in total. The van der Waals surface area contributed by atoms with Crippen LogP contribution in [0.15, 0.2) is 0 Å². The lowest BCUT2D eigenvalue weighted by Crippen LogP contribution is -2.40. The maximum Gasteiger partial charge on any atom is 0.236 e. The number of aliphatic hydroxyl groups is 1. The molecule has 1 aliphatic carbocycles. The summed E-state index contributed by atoms with van der Waals surface area (Å²) < 4.78 is 0. The van der Waals surface area contributed by atoms with Crippen LogP contribution in [0.1, 0.15) is 26.2 Å². The van der Waals surface area contributed by atoms with Gasteiger partial charge in [0, 0.05) is 25.7 Å². The van der Waals surface area contributed by atoms with E-state index in [4.69, 9.17) is 0 Å². The predicted octanol–water partition coefficient (Wildman–Crippen LogP) is 0.0639. The van der Waals surface area contributed by atoms with Crippen molar-refractivity contribution in [3.05, 3.63) is 0 Å². The lowest BCUT2D eigenvalue weighted by atomic mass is 10.3. The minimum absolute atomic E-state index is 0.228. The average molecular weight is 212 g/mol. The summed E-state index contributed by atoms with van der Waals surface area (Å²) in [5, 5.41) is 9.36. The fourth-order valence-corrected chi connectivity index (χ4v) is 2.26. The second-order valence-electron chi connectivity index (χ2n) is 4.59. The Bertz CT molecular complexity index is 241. The highest BCUT2D eigenvalue weighted by atomic mass is 16.3. The summed E-state index contributed by atoms with van der Waals surface area (Å²) in [6.45, 7) is 4.86. The standard InChI is InChI=1S/C11H20N2O2/c1-2-13(9-3-4-9)11(15)8-12-6-5-10(14)7-12/h9-10,14H,2-8H2,1H3/t10-/m0/s1. The Balaban J connectivity index is 1.80. The molecule has 1 aliphatic heterocycles. The van der Waals surface area contributed by atoms with Crippen LogP contribution in [0, 0.1) is 0 Å². The minimum Gasteiger partial charge on any atom is -0.392 e. The molecule has 1 saturated heterocycles. The highest BCUT2D eigenvalue weighted by Gasteiger charge is 2.32. The normalized spacial score (nSPS) is 26.9. The zero-order valence-electron chi connectivity index (χ0n) is 9.35. The number of β-amino-alcohol motifs (C(OH)–C–C–N with tert-alkyl or cyclic N) is 1. The molecule has 0 unspecified atom stereocenters. The van der Waals surface area contributed by atoms with E-state index in [0.717, 1.165) is 19.5 Å². The predicted molar refractivity (Wildman–Crippen MR) is 57.5 cm³/mol. The van der Waals surface area contributed by atoms with E-state index in [-0.39, 0.29) is 12.0 Å². The molecule has 2 aliphatic rings. The molecule has 0 radical (unpaired) electrons. The van der Waals surface area contributed by atoms with Gasteiger partial charge in [-0.25, -0.2) is 0 Å². The quantitative estimate of drug-likeness (QED) is 0.717. The smallest absolute Gasteiger partial charge is 0.236 e. The van der Waals surface area contributed by atoms with Crippen LogP contribution in [-0.4, -0.2) is 59.1 Å². The number of hydrogen-bond acceptors (Lipinski definition) is 3. The van der Waals surface area contributed by atoms with E-state index in [1.54, 1.807) is 0 Å². The van der Waals surface area contributed by atoms with E-state index < -0.39 is 0 Å². The van der Waals surface area contributed by atoms with Crippen molar-refractivity contribution in [1.29, 1.82) is 0 Å². The third-order valence-electron chi connectivity index (χ3n) is 3.26. The molecule has 1 amide bonds. The lowest BCUT2D eigenvalue weighted by molar-refractivity contribution is -0.132. The Morgan fingerprint density at radius 1 is 1.47 bits per heavy atom. The van der Waals surface area contributed by atoms with Gasteiger partial charge in [-0.1, -0.05) is 0 Å². The van der Waals surface area contributed by atoms with Crippen LogP contribution in [0.4, 0.5) is 0 Å². The Labute approximate surface area is 90.9 Å². The molecule has 0 bridgehead atoms. The number of likely N-dealkylation sites (tertiary alicyclic amines) is 1. The van der Waals surface area contributed by atoms with Gasteiger partial charge in [0.15, 0.2) is 0 Å². The molecule has 4 nitrogen and oxygen atoms in total. The van der Waals surface area contributed by atoms with E-state index in [2.05, 4.69) is 4.90 Å². The van der Waals surface area contributed by atoms with Crippen molar-refractivity contribution in [1.82, 2.24) is 9.80 Å². The van der Waals surface area contributed by atoms with Crippen LogP contribution >= 0.6 is 0 Å². The number of nitrogens with zero attached hydrogens (tertiary/aromatic N) is 2. The van der Waals surface area contributed by atoms with Crippen molar-refractivity contribution in [2.75, 3.05) is 26.2 Å². The van der Waals surface area contributed by atoms with Gasteiger partial charge in [0.2, 0.25) is 5.91 Å². The molecule has 4 heteroatoms. The van der Waals surface area contributed by atoms with Crippen molar-refractivity contribution >= 4 is 5.91 Å². The fraction of sp³-hybridized carbons (Fsp3) is 0.909. The summed E-state index contributed by atoms with van der Waals surface area (Å²) in [6.07, 6.45) is 2.92. The van der Waals surface area contributed by atoms with Gasteiger partial charge in [-0.05, 0) is 26.2 Å². The third kappa shape index (κ3) is 2.69. The van der Waals surface area contributed by atoms with Crippen LogP contribution in [0.2, 0.25) is 0 Å². The number of amides is 1. The fourth-order valence-electron chi connectivity index (χ4n) is 2.26. The SMILES string of the molecule is CCN(C(=O)CN1CC[C@H](O)C1)C1CC1. The van der Waals surface area contributed by atoms with Crippen LogP contribution < -0.4 is 0 Å². The zero-order valence-corrected chi connectivity index (χ0v) is 9.35. The Morgan fingerprint density at radius 3 is 2.67 bits per heavy atom. The number of aliphatic hydroxyl groups excluding tert-OH is 1. The molecular weight excluding hydrogens is 192 g/mol. The largest absolute Gasteiger partial charge is 0.392 e. The summed E-state index contributed by atoms with van der Waals surface area (Å²) in [5.74, 6) is 0.231. The molecule has 0 aromatic carbocycles. The van der Waals surface area contributed by atoms with Crippen LogP contribution in [-0.2, 0) is 4.79 Å². The first-order chi connectivity index (χ1) is 7.20. The first-order valence-electron chi connectivity index (χ1n) is 5.90. The summed E-state index contributed by atoms with van der Waals surface area (Å²) in [4.78, 5) is 16.0. The number of hydrogen-bond donors (Lipinski definition) is 1.